The van der Waals surface area contributed by atoms with Gasteiger partial charge in [0, 0.05) is 25.1 Å². The van der Waals surface area contributed by atoms with Crippen molar-refractivity contribution < 1.29 is 80.8 Å². The Hall–Kier alpha value is -3.47. The molecule has 60 heavy (non-hydrogen) atoms. The van der Waals surface area contributed by atoms with E-state index in [-0.39, 0.29) is 49.5 Å². The van der Waals surface area contributed by atoms with Gasteiger partial charge in [0.1, 0.15) is 5.75 Å². The molecule has 2 aliphatic rings. The van der Waals surface area contributed by atoms with E-state index < -0.39 is 41.1 Å². The summed E-state index contributed by atoms with van der Waals surface area (Å²) in [6.45, 7) is 12.4. The molecule has 1 saturated heterocycles. The van der Waals surface area contributed by atoms with Crippen molar-refractivity contribution in [2.24, 2.45) is 11.8 Å². The number of imide groups is 1. The number of nitrogens with one attached hydrogen (secondary N) is 2. The fourth-order valence-electron chi connectivity index (χ4n) is 5.85. The average Bonchev–Trinajstić information content (AvgIpc) is 3.50. The van der Waals surface area contributed by atoms with Crippen molar-refractivity contribution in [3.05, 3.63) is 29.3 Å². The highest BCUT2D eigenvalue weighted by Crippen LogP contribution is 2.39. The van der Waals surface area contributed by atoms with Gasteiger partial charge < -0.3 is 62.2 Å². The summed E-state index contributed by atoms with van der Waals surface area (Å²) in [7, 11) is 0. The molecule has 19 heteroatoms. The molecule has 0 saturated carbocycles. The number of hydrogen-bond acceptors (Lipinski definition) is 17. The lowest BCUT2D eigenvalue weighted by molar-refractivity contribution is -0.137. The number of carbonyl (C=O) groups is 5. The first-order valence-corrected chi connectivity index (χ1v) is 20.7. The number of ether oxygens (including phenoxy) is 12. The second-order valence-electron chi connectivity index (χ2n) is 13.3. The molecule has 3 rings (SSSR count). The van der Waals surface area contributed by atoms with Crippen LogP contribution >= 0.6 is 0 Å². The van der Waals surface area contributed by atoms with Gasteiger partial charge in [-0.15, -0.1) is 0 Å². The molecular weight excluding hydrogens is 792 g/mol. The number of rotatable bonds is 39. The predicted octanol–water partition coefficient (Wildman–Crippen LogP) is 0.822. The molecule has 2 atom stereocenters. The van der Waals surface area contributed by atoms with Crippen LogP contribution in [-0.4, -0.2) is 188 Å². The fourth-order valence-corrected chi connectivity index (χ4v) is 5.85. The minimum Gasteiger partial charge on any atom is -0.483 e. The van der Waals surface area contributed by atoms with Crippen molar-refractivity contribution in [1.82, 2.24) is 10.6 Å². The SMILES string of the molecule is CCCOCCOCCOCCOCCOCCOCCOCCOCCOCCOCCOCCNC(=O)COc1cccc2c1C(=O)C(C1CCC(=O)NC1=O)C2=O. The lowest BCUT2D eigenvalue weighted by Crippen LogP contribution is -2.46. The lowest BCUT2D eigenvalue weighted by Gasteiger charge is -2.24. The third-order valence-corrected chi connectivity index (χ3v) is 8.78. The summed E-state index contributed by atoms with van der Waals surface area (Å²) in [5.41, 5.74) is 0.183. The summed E-state index contributed by atoms with van der Waals surface area (Å²) < 4.78 is 65.6. The van der Waals surface area contributed by atoms with E-state index in [1.54, 1.807) is 6.07 Å². The normalized spacial score (nSPS) is 16.4. The largest absolute Gasteiger partial charge is 0.483 e. The maximum atomic E-state index is 13.2. The lowest BCUT2D eigenvalue weighted by atomic mass is 9.82. The Morgan fingerprint density at radius 2 is 1.00 bits per heavy atom. The van der Waals surface area contributed by atoms with E-state index in [1.165, 1.54) is 12.1 Å². The van der Waals surface area contributed by atoms with Gasteiger partial charge in [0.05, 0.1) is 156 Å². The molecule has 0 bridgehead atoms. The molecule has 1 aliphatic heterocycles. The molecule has 19 nitrogen and oxygen atoms in total. The van der Waals surface area contributed by atoms with Gasteiger partial charge in [-0.05, 0) is 18.9 Å². The van der Waals surface area contributed by atoms with E-state index in [2.05, 4.69) is 17.6 Å². The maximum Gasteiger partial charge on any atom is 0.258 e. The number of amides is 3. The number of benzene rings is 1. The highest BCUT2D eigenvalue weighted by atomic mass is 16.6. The number of carbonyl (C=O) groups excluding carboxylic acids is 5. The molecule has 1 aromatic rings. The standard InChI is InChI=1S/C41H64N2O17/c1-2-9-49-11-13-51-15-17-53-19-21-55-23-25-57-27-29-59-30-28-58-26-24-56-22-20-54-18-16-52-14-12-50-10-8-42-36(45)31-60-34-5-3-4-32-37(34)40(47)38(39(32)46)33-6-7-35(44)43-41(33)48/h3-5,33,38H,2,6-31H2,1H3,(H,42,45)(H,43,44,48). The van der Waals surface area contributed by atoms with E-state index in [4.69, 9.17) is 56.8 Å². The van der Waals surface area contributed by atoms with Crippen LogP contribution in [-0.2, 0) is 66.5 Å². The third kappa shape index (κ3) is 21.4. The Kier molecular flexibility index (Phi) is 28.1. The Morgan fingerprint density at radius 3 is 1.42 bits per heavy atom. The number of hydrogen-bond donors (Lipinski definition) is 2. The van der Waals surface area contributed by atoms with Crippen LogP contribution in [0.4, 0.5) is 0 Å². The van der Waals surface area contributed by atoms with Crippen LogP contribution in [0.2, 0.25) is 0 Å². The number of ketones is 2. The van der Waals surface area contributed by atoms with Crippen molar-refractivity contribution in [3.63, 3.8) is 0 Å². The van der Waals surface area contributed by atoms with E-state index in [1.807, 2.05) is 0 Å². The molecule has 3 amide bonds. The summed E-state index contributed by atoms with van der Waals surface area (Å²) >= 11 is 0. The van der Waals surface area contributed by atoms with Crippen molar-refractivity contribution in [3.8, 4) is 5.75 Å². The Bertz CT molecular complexity index is 1380. The zero-order chi connectivity index (χ0) is 42.9. The van der Waals surface area contributed by atoms with Crippen LogP contribution < -0.4 is 15.4 Å². The monoisotopic (exact) mass is 856 g/mol. The van der Waals surface area contributed by atoms with Gasteiger partial charge >= 0.3 is 0 Å². The summed E-state index contributed by atoms with van der Waals surface area (Å²) in [6, 6.07) is 4.53. The van der Waals surface area contributed by atoms with Gasteiger partial charge in [-0.2, -0.15) is 0 Å². The van der Waals surface area contributed by atoms with E-state index in [0.29, 0.717) is 132 Å². The van der Waals surface area contributed by atoms with Crippen LogP contribution in [0.25, 0.3) is 0 Å². The smallest absolute Gasteiger partial charge is 0.258 e. The molecule has 1 aliphatic carbocycles. The van der Waals surface area contributed by atoms with Crippen LogP contribution in [0.3, 0.4) is 0 Å². The summed E-state index contributed by atoms with van der Waals surface area (Å²) in [5.74, 6) is -4.63. The Labute approximate surface area is 351 Å². The van der Waals surface area contributed by atoms with Gasteiger partial charge in [-0.3, -0.25) is 29.3 Å². The molecule has 1 aromatic carbocycles. The van der Waals surface area contributed by atoms with Gasteiger partial charge in [0.2, 0.25) is 11.8 Å². The van der Waals surface area contributed by atoms with Crippen molar-refractivity contribution in [1.29, 1.82) is 0 Å². The summed E-state index contributed by atoms with van der Waals surface area (Å²) in [5, 5.41) is 4.85. The summed E-state index contributed by atoms with van der Waals surface area (Å²) in [4.78, 5) is 62.4. The molecule has 0 spiro atoms. The van der Waals surface area contributed by atoms with E-state index >= 15 is 0 Å². The second-order valence-corrected chi connectivity index (χ2v) is 13.3. The molecule has 1 fully saturated rings. The van der Waals surface area contributed by atoms with Gasteiger partial charge in [-0.25, -0.2) is 0 Å². The molecule has 2 unspecified atom stereocenters. The number of piperidine rings is 1. The van der Waals surface area contributed by atoms with Crippen LogP contribution in [0.1, 0.15) is 46.9 Å². The third-order valence-electron chi connectivity index (χ3n) is 8.78. The highest BCUT2D eigenvalue weighted by Gasteiger charge is 2.48. The Morgan fingerprint density at radius 1 is 0.583 bits per heavy atom. The van der Waals surface area contributed by atoms with Gasteiger partial charge in [-0.1, -0.05) is 19.1 Å². The first-order valence-electron chi connectivity index (χ1n) is 20.7. The Balaban J connectivity index is 1.00. The quantitative estimate of drug-likeness (QED) is 0.0532. The van der Waals surface area contributed by atoms with Crippen LogP contribution in [0, 0.1) is 11.8 Å². The molecule has 340 valence electrons. The highest BCUT2D eigenvalue weighted by molar-refractivity contribution is 6.29. The fraction of sp³-hybridized carbons (Fsp3) is 0.732. The van der Waals surface area contributed by atoms with Gasteiger partial charge in [0.15, 0.2) is 18.2 Å². The zero-order valence-corrected chi connectivity index (χ0v) is 34.9. The number of Topliss-reactive ketones (excluding diaryl/α,β-unsaturated/α-hetero) is 2. The minimum atomic E-state index is -1.22. The first kappa shape index (κ1) is 50.9. The topological polar surface area (TPSA) is 220 Å². The molecular formula is C41H64N2O17. The van der Waals surface area contributed by atoms with E-state index in [0.717, 1.165) is 13.0 Å². The average molecular weight is 857 g/mol. The molecule has 1 heterocycles. The van der Waals surface area contributed by atoms with Crippen LogP contribution in [0.5, 0.6) is 5.75 Å². The minimum absolute atomic E-state index is 0.0459. The van der Waals surface area contributed by atoms with Crippen molar-refractivity contribution in [2.75, 3.05) is 159 Å². The van der Waals surface area contributed by atoms with E-state index in [9.17, 15) is 24.0 Å². The first-order chi connectivity index (χ1) is 29.4. The predicted molar refractivity (Wildman–Crippen MR) is 212 cm³/mol. The van der Waals surface area contributed by atoms with Crippen LogP contribution in [0.15, 0.2) is 18.2 Å². The zero-order valence-electron chi connectivity index (χ0n) is 34.9. The molecule has 2 N–H and O–H groups in total. The maximum absolute atomic E-state index is 13.2. The molecule has 0 aromatic heterocycles. The molecule has 0 radical (unpaired) electrons. The van der Waals surface area contributed by atoms with Gasteiger partial charge in [0.25, 0.3) is 5.91 Å². The number of fused-ring (bicyclic) bond motifs is 1. The summed E-state index contributed by atoms with van der Waals surface area (Å²) in [6.07, 6.45) is 1.17. The second kappa shape index (κ2) is 33.2. The van der Waals surface area contributed by atoms with Crippen molar-refractivity contribution >= 4 is 29.3 Å². The van der Waals surface area contributed by atoms with Crippen molar-refractivity contribution in [2.45, 2.75) is 26.2 Å².